The molecule has 19 heavy (non-hydrogen) atoms. The predicted octanol–water partition coefficient (Wildman–Crippen LogP) is 2.42. The van der Waals surface area contributed by atoms with Gasteiger partial charge >= 0.3 is 5.97 Å². The van der Waals surface area contributed by atoms with Crippen LogP contribution in [0.5, 0.6) is 0 Å². The minimum Gasteiger partial charge on any atom is -0.466 e. The number of ether oxygens (including phenoxy) is 1. The fourth-order valence-electron chi connectivity index (χ4n) is 1.84. The molecule has 0 heterocycles. The molecule has 0 bridgehead atoms. The third kappa shape index (κ3) is 4.32. The van der Waals surface area contributed by atoms with Gasteiger partial charge in [-0.3, -0.25) is 14.4 Å². The maximum atomic E-state index is 12.2. The first kappa shape index (κ1) is 15.1. The Balaban J connectivity index is 2.75. The first-order chi connectivity index (χ1) is 9.10. The molecule has 0 aromatic heterocycles. The van der Waals surface area contributed by atoms with Crippen LogP contribution < -0.4 is 0 Å². The Morgan fingerprint density at radius 1 is 1.11 bits per heavy atom. The van der Waals surface area contributed by atoms with Crippen molar-refractivity contribution in [1.29, 1.82) is 0 Å². The fraction of sp³-hybridized carbons (Fsp3) is 0.400. The van der Waals surface area contributed by atoms with E-state index in [2.05, 4.69) is 0 Å². The third-order valence-corrected chi connectivity index (χ3v) is 2.80. The van der Waals surface area contributed by atoms with E-state index in [0.717, 1.165) is 0 Å². The van der Waals surface area contributed by atoms with E-state index in [4.69, 9.17) is 4.74 Å². The molecule has 0 saturated heterocycles. The summed E-state index contributed by atoms with van der Waals surface area (Å²) in [5.41, 5.74) is 0.492. The number of benzene rings is 1. The van der Waals surface area contributed by atoms with E-state index in [9.17, 15) is 14.4 Å². The topological polar surface area (TPSA) is 60.4 Å². The van der Waals surface area contributed by atoms with Crippen molar-refractivity contribution in [3.05, 3.63) is 35.9 Å². The third-order valence-electron chi connectivity index (χ3n) is 2.80. The van der Waals surface area contributed by atoms with E-state index in [1.54, 1.807) is 44.2 Å². The molecule has 102 valence electrons. The Hall–Kier alpha value is -1.97. The van der Waals surface area contributed by atoms with Crippen molar-refractivity contribution < 1.29 is 19.1 Å². The molecule has 1 aromatic carbocycles. The van der Waals surface area contributed by atoms with Crippen molar-refractivity contribution in [3.8, 4) is 0 Å². The van der Waals surface area contributed by atoms with Gasteiger partial charge in [-0.15, -0.1) is 0 Å². The molecule has 0 fully saturated rings. The molecule has 0 radical (unpaired) electrons. The predicted molar refractivity (Wildman–Crippen MR) is 70.8 cm³/mol. The van der Waals surface area contributed by atoms with Gasteiger partial charge in [0, 0.05) is 5.56 Å². The number of ketones is 2. The highest BCUT2D eigenvalue weighted by Crippen LogP contribution is 2.15. The Kier molecular flexibility index (Phi) is 5.93. The van der Waals surface area contributed by atoms with Crippen molar-refractivity contribution in [2.45, 2.75) is 26.7 Å². The zero-order valence-corrected chi connectivity index (χ0v) is 11.2. The monoisotopic (exact) mass is 262 g/mol. The quantitative estimate of drug-likeness (QED) is 0.430. The van der Waals surface area contributed by atoms with Gasteiger partial charge in [0.15, 0.2) is 11.6 Å². The van der Waals surface area contributed by atoms with Crippen LogP contribution in [0.15, 0.2) is 30.3 Å². The van der Waals surface area contributed by atoms with Crippen LogP contribution in [0.4, 0.5) is 0 Å². The lowest BCUT2D eigenvalue weighted by molar-refractivity contribution is -0.146. The molecule has 4 heteroatoms. The summed E-state index contributed by atoms with van der Waals surface area (Å²) in [6, 6.07) is 8.63. The van der Waals surface area contributed by atoms with E-state index >= 15 is 0 Å². The SMILES string of the molecule is CCOC(=O)CC(=O)C(CC)C(=O)c1ccccc1. The molecule has 0 aliphatic heterocycles. The Bertz CT molecular complexity index is 450. The molecule has 0 spiro atoms. The molecular weight excluding hydrogens is 244 g/mol. The molecule has 0 N–H and O–H groups in total. The highest BCUT2D eigenvalue weighted by atomic mass is 16.5. The van der Waals surface area contributed by atoms with Crippen LogP contribution in [0, 0.1) is 5.92 Å². The number of Topliss-reactive ketones (excluding diaryl/α,β-unsaturated/α-hetero) is 2. The van der Waals surface area contributed by atoms with E-state index in [0.29, 0.717) is 12.0 Å². The summed E-state index contributed by atoms with van der Waals surface area (Å²) in [4.78, 5) is 35.4. The normalized spacial score (nSPS) is 11.7. The van der Waals surface area contributed by atoms with Crippen LogP contribution in [0.25, 0.3) is 0 Å². The summed E-state index contributed by atoms with van der Waals surface area (Å²) in [6.07, 6.45) is 0.0386. The largest absolute Gasteiger partial charge is 0.466 e. The first-order valence-electron chi connectivity index (χ1n) is 6.37. The summed E-state index contributed by atoms with van der Waals surface area (Å²) >= 11 is 0. The average molecular weight is 262 g/mol. The van der Waals surface area contributed by atoms with E-state index < -0.39 is 11.9 Å². The second-order valence-corrected chi connectivity index (χ2v) is 4.14. The molecule has 0 amide bonds. The van der Waals surface area contributed by atoms with Crippen molar-refractivity contribution in [2.24, 2.45) is 5.92 Å². The molecule has 1 atom stereocenters. The number of hydrogen-bond donors (Lipinski definition) is 0. The van der Waals surface area contributed by atoms with Gasteiger partial charge in [-0.2, -0.15) is 0 Å². The number of carbonyl (C=O) groups is 3. The van der Waals surface area contributed by atoms with Crippen LogP contribution in [0.1, 0.15) is 37.0 Å². The standard InChI is InChI=1S/C15H18O4/c1-3-12(13(16)10-14(17)19-4-2)15(18)11-8-6-5-7-9-11/h5-9,12H,3-4,10H2,1-2H3. The van der Waals surface area contributed by atoms with Gasteiger partial charge in [0.05, 0.1) is 12.5 Å². The van der Waals surface area contributed by atoms with Crippen LogP contribution in [0.2, 0.25) is 0 Å². The van der Waals surface area contributed by atoms with Gasteiger partial charge in [-0.1, -0.05) is 37.3 Å². The summed E-state index contributed by atoms with van der Waals surface area (Å²) in [5, 5.41) is 0. The van der Waals surface area contributed by atoms with E-state index in [1.165, 1.54) is 0 Å². The highest BCUT2D eigenvalue weighted by molar-refractivity contribution is 6.13. The van der Waals surface area contributed by atoms with Gasteiger partial charge in [-0.25, -0.2) is 0 Å². The molecular formula is C15H18O4. The first-order valence-corrected chi connectivity index (χ1v) is 6.37. The van der Waals surface area contributed by atoms with Crippen LogP contribution >= 0.6 is 0 Å². The van der Waals surface area contributed by atoms with Gasteiger partial charge in [0.25, 0.3) is 0 Å². The molecule has 1 aromatic rings. The highest BCUT2D eigenvalue weighted by Gasteiger charge is 2.27. The molecule has 0 saturated carbocycles. The van der Waals surface area contributed by atoms with Crippen molar-refractivity contribution in [1.82, 2.24) is 0 Å². The zero-order valence-electron chi connectivity index (χ0n) is 11.2. The smallest absolute Gasteiger partial charge is 0.313 e. The lowest BCUT2D eigenvalue weighted by Crippen LogP contribution is -2.26. The molecule has 0 aliphatic rings. The summed E-state index contributed by atoms with van der Waals surface area (Å²) in [7, 11) is 0. The number of carbonyl (C=O) groups excluding carboxylic acids is 3. The second kappa shape index (κ2) is 7.46. The van der Waals surface area contributed by atoms with Crippen molar-refractivity contribution in [2.75, 3.05) is 6.61 Å². The zero-order chi connectivity index (χ0) is 14.3. The van der Waals surface area contributed by atoms with E-state index in [-0.39, 0.29) is 24.6 Å². The Morgan fingerprint density at radius 3 is 2.26 bits per heavy atom. The number of esters is 1. The number of hydrogen-bond acceptors (Lipinski definition) is 4. The maximum Gasteiger partial charge on any atom is 0.313 e. The summed E-state index contributed by atoms with van der Waals surface area (Å²) in [5.74, 6) is -1.97. The van der Waals surface area contributed by atoms with E-state index in [1.807, 2.05) is 0 Å². The van der Waals surface area contributed by atoms with Gasteiger partial charge in [0.2, 0.25) is 0 Å². The van der Waals surface area contributed by atoms with Crippen LogP contribution in [-0.4, -0.2) is 24.1 Å². The van der Waals surface area contributed by atoms with Crippen LogP contribution in [0.3, 0.4) is 0 Å². The minimum absolute atomic E-state index is 0.232. The van der Waals surface area contributed by atoms with Gasteiger partial charge in [-0.05, 0) is 13.3 Å². The van der Waals surface area contributed by atoms with Crippen LogP contribution in [-0.2, 0) is 14.3 Å². The average Bonchev–Trinajstić information content (AvgIpc) is 2.40. The lowest BCUT2D eigenvalue weighted by Gasteiger charge is -2.12. The number of rotatable bonds is 7. The summed E-state index contributed by atoms with van der Waals surface area (Å²) in [6.45, 7) is 3.67. The fourth-order valence-corrected chi connectivity index (χ4v) is 1.84. The maximum absolute atomic E-state index is 12.2. The Labute approximate surface area is 112 Å². The van der Waals surface area contributed by atoms with Crippen molar-refractivity contribution in [3.63, 3.8) is 0 Å². The lowest BCUT2D eigenvalue weighted by atomic mass is 9.90. The molecule has 0 aliphatic carbocycles. The van der Waals surface area contributed by atoms with Gasteiger partial charge in [0.1, 0.15) is 6.42 Å². The Morgan fingerprint density at radius 2 is 1.74 bits per heavy atom. The summed E-state index contributed by atoms with van der Waals surface area (Å²) < 4.78 is 4.72. The second-order valence-electron chi connectivity index (χ2n) is 4.14. The molecule has 1 rings (SSSR count). The van der Waals surface area contributed by atoms with Crippen molar-refractivity contribution >= 4 is 17.5 Å². The molecule has 1 unspecified atom stereocenters. The minimum atomic E-state index is -0.771. The molecule has 4 nitrogen and oxygen atoms in total. The van der Waals surface area contributed by atoms with Gasteiger partial charge < -0.3 is 4.74 Å².